The Bertz CT molecular complexity index is 1490. The van der Waals surface area contributed by atoms with Gasteiger partial charge in [0.15, 0.2) is 5.84 Å². The van der Waals surface area contributed by atoms with Crippen molar-refractivity contribution >= 4 is 36.9 Å². The second-order valence-electron chi connectivity index (χ2n) is 6.89. The van der Waals surface area contributed by atoms with E-state index >= 15 is 0 Å². The van der Waals surface area contributed by atoms with E-state index < -0.39 is 31.2 Å². The van der Waals surface area contributed by atoms with Gasteiger partial charge in [-0.15, -0.1) is 0 Å². The Morgan fingerprint density at radius 1 is 0.909 bits per heavy atom. The molecular formula is C22H19N5O4S2. The average Bonchev–Trinajstić information content (AvgIpc) is 2.80. The van der Waals surface area contributed by atoms with Crippen molar-refractivity contribution in [3.05, 3.63) is 78.4 Å². The predicted octanol–water partition coefficient (Wildman–Crippen LogP) is 2.89. The Labute approximate surface area is 191 Å². The molecule has 0 radical (unpaired) electrons. The first-order chi connectivity index (χ1) is 15.6. The van der Waals surface area contributed by atoms with Crippen LogP contribution in [-0.4, -0.2) is 28.4 Å². The van der Waals surface area contributed by atoms with Gasteiger partial charge >= 0.3 is 0 Å². The van der Waals surface area contributed by atoms with Gasteiger partial charge in [0.05, 0.1) is 25.3 Å². The molecule has 33 heavy (non-hydrogen) atoms. The van der Waals surface area contributed by atoms with Crippen molar-refractivity contribution in [2.45, 2.75) is 26.5 Å². The molecule has 0 spiro atoms. The Hall–Kier alpha value is -4.01. The van der Waals surface area contributed by atoms with Crippen molar-refractivity contribution in [3.63, 3.8) is 0 Å². The van der Waals surface area contributed by atoms with Crippen LogP contribution in [0.25, 0.3) is 0 Å². The zero-order valence-electron chi connectivity index (χ0n) is 17.3. The molecule has 3 aromatic rings. The number of nitriles is 1. The first kappa shape index (κ1) is 23.6. The van der Waals surface area contributed by atoms with E-state index in [4.69, 9.17) is 16.4 Å². The van der Waals surface area contributed by atoms with Gasteiger partial charge < -0.3 is 5.73 Å². The molecule has 3 rings (SSSR count). The number of rotatable bonds is 7. The molecule has 168 valence electrons. The maximum atomic E-state index is 13.3. The Morgan fingerprint density at radius 3 is 2.06 bits per heavy atom. The molecule has 0 amide bonds. The van der Waals surface area contributed by atoms with Crippen molar-refractivity contribution in [2.75, 3.05) is 5.43 Å². The van der Waals surface area contributed by atoms with Crippen molar-refractivity contribution in [1.29, 1.82) is 10.7 Å². The minimum atomic E-state index is -4.08. The standard InChI is InChI=1S/C22H19N5O4S2/c1-15-7-9-17(10-8-15)33(30,31)21-12-11-18(32(28,29)16-5-3-2-4-6-16)13-19(21)26-27-20(14-23)22(24)25/h2-13,26H,1H3,(H3,24,25)/b27-20+. The summed E-state index contributed by atoms with van der Waals surface area (Å²) >= 11 is 0. The fraction of sp³-hybridized carbons (Fsp3) is 0.0455. The van der Waals surface area contributed by atoms with Gasteiger partial charge in [0.1, 0.15) is 6.07 Å². The summed E-state index contributed by atoms with van der Waals surface area (Å²) in [6.07, 6.45) is 0. The van der Waals surface area contributed by atoms with Gasteiger partial charge in [-0.1, -0.05) is 35.9 Å². The van der Waals surface area contributed by atoms with E-state index in [0.717, 1.165) is 17.7 Å². The highest BCUT2D eigenvalue weighted by molar-refractivity contribution is 7.92. The van der Waals surface area contributed by atoms with Crippen LogP contribution in [-0.2, 0) is 19.7 Å². The van der Waals surface area contributed by atoms with Crippen LogP contribution in [0.4, 0.5) is 5.69 Å². The van der Waals surface area contributed by atoms with Crippen molar-refractivity contribution in [1.82, 2.24) is 0 Å². The summed E-state index contributed by atoms with van der Waals surface area (Å²) in [6.45, 7) is 1.81. The minimum Gasteiger partial charge on any atom is -0.382 e. The van der Waals surface area contributed by atoms with Crippen LogP contribution < -0.4 is 11.2 Å². The summed E-state index contributed by atoms with van der Waals surface area (Å²) in [7, 11) is -8.05. The number of hydrazone groups is 1. The maximum Gasteiger partial charge on any atom is 0.208 e. The van der Waals surface area contributed by atoms with E-state index in [1.807, 2.05) is 6.92 Å². The van der Waals surface area contributed by atoms with Gasteiger partial charge in [0, 0.05) is 0 Å². The van der Waals surface area contributed by atoms with Crippen LogP contribution in [0.5, 0.6) is 0 Å². The van der Waals surface area contributed by atoms with E-state index in [-0.39, 0.29) is 25.3 Å². The number of hydrogen-bond donors (Lipinski definition) is 3. The zero-order valence-corrected chi connectivity index (χ0v) is 19.0. The Morgan fingerprint density at radius 2 is 1.48 bits per heavy atom. The largest absolute Gasteiger partial charge is 0.382 e. The first-order valence-corrected chi connectivity index (χ1v) is 12.4. The van der Waals surface area contributed by atoms with Crippen LogP contribution >= 0.6 is 0 Å². The quantitative estimate of drug-likeness (QED) is 0.265. The number of aryl methyl sites for hydroxylation is 1. The lowest BCUT2D eigenvalue weighted by Crippen LogP contribution is -2.22. The van der Waals surface area contributed by atoms with Crippen LogP contribution in [0.15, 0.2) is 97.5 Å². The molecule has 4 N–H and O–H groups in total. The molecule has 0 atom stereocenters. The number of hydrogen-bond acceptors (Lipinski definition) is 8. The average molecular weight is 482 g/mol. The van der Waals surface area contributed by atoms with Crippen LogP contribution in [0.3, 0.4) is 0 Å². The molecule has 0 aromatic heterocycles. The molecule has 0 aliphatic carbocycles. The fourth-order valence-corrected chi connectivity index (χ4v) is 5.54. The van der Waals surface area contributed by atoms with Crippen LogP contribution in [0.1, 0.15) is 5.56 Å². The Balaban J connectivity index is 2.20. The van der Waals surface area contributed by atoms with Crippen molar-refractivity contribution in [3.8, 4) is 6.07 Å². The summed E-state index contributed by atoms with van der Waals surface area (Å²) < 4.78 is 52.6. The smallest absolute Gasteiger partial charge is 0.208 e. The van der Waals surface area contributed by atoms with Crippen molar-refractivity contribution < 1.29 is 16.8 Å². The normalized spacial score (nSPS) is 12.1. The summed E-state index contributed by atoms with van der Waals surface area (Å²) in [5, 5.41) is 20.1. The van der Waals surface area contributed by atoms with Gasteiger partial charge in [-0.25, -0.2) is 16.8 Å². The zero-order chi connectivity index (χ0) is 24.2. The third-order valence-electron chi connectivity index (χ3n) is 4.58. The molecule has 0 aliphatic rings. The molecule has 3 aromatic carbocycles. The third kappa shape index (κ3) is 4.92. The number of nitrogens with zero attached hydrogens (tertiary/aromatic N) is 2. The van der Waals surface area contributed by atoms with Crippen LogP contribution in [0, 0.1) is 23.7 Å². The molecule has 0 saturated heterocycles. The topological polar surface area (TPSA) is 166 Å². The predicted molar refractivity (Wildman–Crippen MR) is 124 cm³/mol. The van der Waals surface area contributed by atoms with Crippen LogP contribution in [0.2, 0.25) is 0 Å². The third-order valence-corrected chi connectivity index (χ3v) is 8.18. The Kier molecular flexibility index (Phi) is 6.62. The number of anilines is 1. The molecule has 0 saturated carbocycles. The van der Waals surface area contributed by atoms with E-state index in [0.29, 0.717) is 0 Å². The molecule has 11 heteroatoms. The lowest BCUT2D eigenvalue weighted by molar-refractivity contribution is 0.592. The molecule has 0 unspecified atom stereocenters. The number of sulfone groups is 2. The summed E-state index contributed by atoms with van der Waals surface area (Å²) in [4.78, 5) is -0.431. The summed E-state index contributed by atoms with van der Waals surface area (Å²) in [5.41, 5.74) is 7.86. The minimum absolute atomic E-state index is 0.00845. The number of amidine groups is 1. The maximum absolute atomic E-state index is 13.3. The lowest BCUT2D eigenvalue weighted by Gasteiger charge is -2.13. The van der Waals surface area contributed by atoms with E-state index in [1.165, 1.54) is 30.3 Å². The molecule has 0 bridgehead atoms. The van der Waals surface area contributed by atoms with Gasteiger partial charge in [-0.05, 0) is 49.4 Å². The van der Waals surface area contributed by atoms with Crippen molar-refractivity contribution in [2.24, 2.45) is 10.8 Å². The van der Waals surface area contributed by atoms with E-state index in [9.17, 15) is 16.8 Å². The van der Waals surface area contributed by atoms with E-state index in [2.05, 4.69) is 10.5 Å². The summed E-state index contributed by atoms with van der Waals surface area (Å²) in [5.74, 6) is -0.638. The second kappa shape index (κ2) is 9.23. The van der Waals surface area contributed by atoms with Gasteiger partial charge in [-0.2, -0.15) is 10.4 Å². The molecule has 0 aliphatic heterocycles. The highest BCUT2D eigenvalue weighted by atomic mass is 32.2. The first-order valence-electron chi connectivity index (χ1n) is 9.41. The number of nitrogens with two attached hydrogens (primary N) is 1. The number of benzene rings is 3. The second-order valence-corrected chi connectivity index (χ2v) is 10.8. The van der Waals surface area contributed by atoms with Gasteiger partial charge in [0.2, 0.25) is 25.4 Å². The number of nitrogens with one attached hydrogen (secondary N) is 2. The summed E-state index contributed by atoms with van der Waals surface area (Å²) in [6, 6.07) is 18.8. The van der Waals surface area contributed by atoms with Gasteiger partial charge in [-0.3, -0.25) is 10.8 Å². The molecule has 9 nitrogen and oxygen atoms in total. The molecule has 0 heterocycles. The molecular weight excluding hydrogens is 462 g/mol. The highest BCUT2D eigenvalue weighted by Gasteiger charge is 2.25. The monoisotopic (exact) mass is 481 g/mol. The van der Waals surface area contributed by atoms with Gasteiger partial charge in [0.25, 0.3) is 0 Å². The SMILES string of the molecule is Cc1ccc(S(=O)(=O)c2ccc(S(=O)(=O)c3ccccc3)cc2N/N=C(\C#N)C(=N)N)cc1. The van der Waals surface area contributed by atoms with E-state index in [1.54, 1.807) is 36.4 Å². The highest BCUT2D eigenvalue weighted by Crippen LogP contribution is 2.32. The molecule has 0 fully saturated rings. The fourth-order valence-electron chi connectivity index (χ4n) is 2.84. The lowest BCUT2D eigenvalue weighted by atomic mass is 10.2.